The van der Waals surface area contributed by atoms with Crippen molar-refractivity contribution in [3.63, 3.8) is 0 Å². The normalized spacial score (nSPS) is 17.2. The first kappa shape index (κ1) is 91.4. The zero-order valence-corrected chi connectivity index (χ0v) is 77.6. The molecule has 33 nitrogen and oxygen atoms in total. The molecule has 1 aliphatic carbocycles. The van der Waals surface area contributed by atoms with Crippen LogP contribution in [0.4, 0.5) is 48.1 Å². The summed E-state index contributed by atoms with van der Waals surface area (Å²) >= 11 is 5.98. The van der Waals surface area contributed by atoms with Crippen LogP contribution in [-0.2, 0) is 6.42 Å². The molecule has 12 aromatic heterocycles. The summed E-state index contributed by atoms with van der Waals surface area (Å²) < 4.78 is 5.31. The van der Waals surface area contributed by atoms with Gasteiger partial charge < -0.3 is 80.2 Å². The molecule has 7 N–H and O–H groups in total. The molecule has 3 aromatic carbocycles. The number of pyridine rings is 5. The highest BCUT2D eigenvalue weighted by Crippen LogP contribution is 2.38. The summed E-state index contributed by atoms with van der Waals surface area (Å²) in [5.41, 5.74) is 17.7. The van der Waals surface area contributed by atoms with Crippen LogP contribution in [0.3, 0.4) is 0 Å². The van der Waals surface area contributed by atoms with Crippen LogP contribution < -0.4 is 45.6 Å². The molecule has 7 atom stereocenters. The predicted molar refractivity (Wildman–Crippen MR) is 527 cm³/mol. The minimum Gasteiger partial charge on any atom is -0.497 e. The number of benzene rings is 3. The number of ether oxygens (including phenoxy) is 1. The van der Waals surface area contributed by atoms with Gasteiger partial charge in [-0.1, -0.05) is 73.1 Å². The minimum absolute atomic E-state index is 0.00637. The number of allylic oxidation sites excluding steroid dienone is 1. The lowest BCUT2D eigenvalue weighted by Crippen LogP contribution is -2.57. The predicted octanol–water partition coefficient (Wildman–Crippen LogP) is 16.5. The summed E-state index contributed by atoms with van der Waals surface area (Å²) in [7, 11) is 1.64. The monoisotopic (exact) mass is 1830 g/mol. The highest BCUT2D eigenvalue weighted by molar-refractivity contribution is 6.30. The molecule has 690 valence electrons. The lowest BCUT2D eigenvalue weighted by Gasteiger charge is -2.41. The van der Waals surface area contributed by atoms with Gasteiger partial charge in [0, 0.05) is 209 Å². The van der Waals surface area contributed by atoms with Gasteiger partial charge in [0.05, 0.1) is 59.0 Å². The van der Waals surface area contributed by atoms with E-state index in [1.165, 1.54) is 5.57 Å². The van der Waals surface area contributed by atoms with Gasteiger partial charge in [-0.2, -0.15) is 0 Å². The second kappa shape index (κ2) is 41.9. The van der Waals surface area contributed by atoms with Crippen molar-refractivity contribution in [1.29, 1.82) is 0 Å². The Balaban J connectivity index is 0.000000125. The highest BCUT2D eigenvalue weighted by atomic mass is 35.5. The van der Waals surface area contributed by atoms with Gasteiger partial charge in [0.25, 0.3) is 0 Å². The summed E-state index contributed by atoms with van der Waals surface area (Å²) in [6.07, 6.45) is 26.2. The van der Waals surface area contributed by atoms with E-state index in [-0.39, 0.29) is 66.4 Å². The van der Waals surface area contributed by atoms with E-state index in [0.717, 1.165) is 148 Å². The van der Waals surface area contributed by atoms with Crippen LogP contribution in [0, 0.1) is 6.92 Å². The van der Waals surface area contributed by atoms with Gasteiger partial charge in [0.15, 0.2) is 0 Å². The molecule has 4 fully saturated rings. The first-order valence-corrected chi connectivity index (χ1v) is 46.0. The van der Waals surface area contributed by atoms with E-state index >= 15 is 0 Å². The van der Waals surface area contributed by atoms with Gasteiger partial charge >= 0.3 is 24.1 Å². The number of aromatic nitrogens is 16. The zero-order chi connectivity index (χ0) is 93.6. The van der Waals surface area contributed by atoms with Crippen LogP contribution in [-0.4, -0.2) is 233 Å². The smallest absolute Gasteiger partial charge is 0.322 e. The second-order valence-electron chi connectivity index (χ2n) is 34.3. The van der Waals surface area contributed by atoms with Gasteiger partial charge in [0.2, 0.25) is 0 Å². The second-order valence-corrected chi connectivity index (χ2v) is 34.8. The van der Waals surface area contributed by atoms with Crippen molar-refractivity contribution in [3.05, 3.63) is 283 Å². The number of fused-ring (bicyclic) bond motifs is 4. The number of H-pyrrole nitrogens is 3. The van der Waals surface area contributed by atoms with E-state index in [1.807, 2.05) is 180 Å². The first-order chi connectivity index (χ1) is 65.7. The maximum absolute atomic E-state index is 13.1. The molecular formula is C101H109ClN28O5. The number of rotatable bonds is 17. The minimum atomic E-state index is -0.129. The van der Waals surface area contributed by atoms with Crippen LogP contribution >= 0.6 is 11.6 Å². The zero-order valence-electron chi connectivity index (χ0n) is 76.8. The number of aromatic amines is 3. The molecule has 8 amide bonds. The average Bonchev–Trinajstić information content (AvgIpc) is 1.63. The van der Waals surface area contributed by atoms with Crippen molar-refractivity contribution in [2.75, 3.05) is 111 Å². The summed E-state index contributed by atoms with van der Waals surface area (Å²) in [5, 5.41) is 16.0. The van der Waals surface area contributed by atoms with Crippen molar-refractivity contribution in [2.24, 2.45) is 0 Å². The number of hydrogen-bond acceptors (Lipinski definition) is 22. The molecule has 135 heavy (non-hydrogen) atoms. The summed E-state index contributed by atoms with van der Waals surface area (Å²) in [4.78, 5) is 136. The Morgan fingerprint density at radius 2 is 0.837 bits per heavy atom. The number of urea groups is 4. The van der Waals surface area contributed by atoms with E-state index in [4.69, 9.17) is 16.3 Å². The van der Waals surface area contributed by atoms with Crippen LogP contribution in [0.15, 0.2) is 239 Å². The number of methoxy groups -OCH3 is 1. The molecule has 3 unspecified atom stereocenters. The number of hydrogen-bond donors (Lipinski definition) is 7. The number of carbonyl (C=O) groups is 4. The Morgan fingerprint density at radius 3 is 1.27 bits per heavy atom. The number of halogens is 1. The molecule has 16 heterocycles. The largest absolute Gasteiger partial charge is 0.497 e. The number of nitrogens with one attached hydrogen (secondary N) is 7. The Bertz CT molecular complexity index is 6620. The maximum atomic E-state index is 13.1. The van der Waals surface area contributed by atoms with E-state index < -0.39 is 0 Å². The maximum Gasteiger partial charge on any atom is 0.322 e. The van der Waals surface area contributed by atoms with Crippen molar-refractivity contribution in [1.82, 2.24) is 115 Å². The Labute approximate surface area is 787 Å². The molecule has 15 aromatic rings. The van der Waals surface area contributed by atoms with Crippen LogP contribution in [0.5, 0.6) is 5.75 Å². The average molecular weight is 1830 g/mol. The number of nitrogens with zero attached hydrogens (tertiary/aromatic N) is 21. The molecule has 4 saturated heterocycles. The molecule has 34 heteroatoms. The Kier molecular flexibility index (Phi) is 28.4. The third-order valence-corrected chi connectivity index (χ3v) is 25.6. The SMILES string of the molecule is CC(NC(=O)N1CCN(c2ncnc3[nH]c(-c4ccncc4)cc23)C[C@@H]1C)c1ccc(Cl)cc1.CCC(NC(=O)N1CCN(c2ncnc3[nH]c(-c4ccncc4)cc23)C[C@@H]1C)c1ccccc1.COc1cccc(C(C)NC(=O)N2CCN(c3ncnc4[nH]c(-c5ccncc5)cc34)C[C@@H]2C)c1.Cc1ccc(NC(=O)N2CCN(c3ncnc4c3C=C(c3ccncc3)C4)C[C@H]2C)cn1. The van der Waals surface area contributed by atoms with E-state index in [0.29, 0.717) is 89.2 Å². The molecule has 4 aliphatic heterocycles. The fraction of sp³-hybridized carbons (Fsp3) is 0.297. The van der Waals surface area contributed by atoms with Crippen molar-refractivity contribution < 1.29 is 23.9 Å². The lowest BCUT2D eigenvalue weighted by atomic mass is 10.0. The number of anilines is 5. The summed E-state index contributed by atoms with van der Waals surface area (Å²) in [6, 6.07) is 50.9. The van der Waals surface area contributed by atoms with E-state index in [1.54, 1.807) is 75.8 Å². The number of carbonyl (C=O) groups excluding carboxylic acids is 4. The van der Waals surface area contributed by atoms with E-state index in [9.17, 15) is 19.2 Å². The molecular weight excluding hydrogens is 1720 g/mol. The number of piperazine rings is 4. The van der Waals surface area contributed by atoms with Crippen LogP contribution in [0.2, 0.25) is 5.02 Å². The number of aryl methyl sites for hydroxylation is 1. The first-order valence-electron chi connectivity index (χ1n) is 45.6. The topological polar surface area (TPSA) is 366 Å². The third-order valence-electron chi connectivity index (χ3n) is 25.3. The molecule has 20 rings (SSSR count). The molecule has 5 aliphatic rings. The molecule has 0 saturated carbocycles. The fourth-order valence-corrected chi connectivity index (χ4v) is 18.1. The van der Waals surface area contributed by atoms with Gasteiger partial charge in [-0.15, -0.1) is 0 Å². The van der Waals surface area contributed by atoms with Gasteiger partial charge in [-0.3, -0.25) is 24.9 Å². The third kappa shape index (κ3) is 21.3. The van der Waals surface area contributed by atoms with Gasteiger partial charge in [0.1, 0.15) is 71.3 Å². The van der Waals surface area contributed by atoms with Crippen LogP contribution in [0.25, 0.3) is 78.5 Å². The fourth-order valence-electron chi connectivity index (χ4n) is 18.0. The van der Waals surface area contributed by atoms with Crippen molar-refractivity contribution in [2.45, 2.75) is 111 Å². The Morgan fingerprint density at radius 1 is 0.430 bits per heavy atom. The van der Waals surface area contributed by atoms with E-state index in [2.05, 4.69) is 192 Å². The standard InChI is InChI=1S/C26H29N7O2.C26H29N7O.C25H26ClN7O.C24H25N7O/c1-17-15-32(11-12-33(17)26(34)30-18(2)20-5-4-6-21(13-20)35-3)25-22-14-23(19-7-9-27-10-8-19)31-24(22)28-16-29-25;1-3-22(19-7-5-4-6-8-19)31-26(34)33-14-13-32(16-18(33)2)25-21-15-23(20-9-11-27-12-10-20)30-24(21)28-17-29-25;1-16-14-32(11-12-33(16)25(34)30-17(2)18-3-5-20(26)6-4-18)24-21-13-22(19-7-9-27-10-8-19)31-23(21)28-15-29-24;1-16-3-4-20(13-26-16)29-24(32)31-10-9-30(14-17(31)2)23-21-11-19(12-22(21)27-15-28-23)18-5-7-25-8-6-18/h4-10,13-14,16-18H,11-12,15H2,1-3H3,(H,30,34)(H,28,29,31);4-12,15,17-18,22H,3,13-14,16H2,1-2H3,(H,31,34)(H,28,29,30);3-10,13,15-17H,11-12,14H2,1-2H3,(H,30,34)(H,28,29,31);3-8,11,13,15,17H,9-10,12,14H2,1-2H3,(H,29,32)/t17-,18?;18-,22?;16-,17?;17-/m0001/s1. The summed E-state index contributed by atoms with van der Waals surface area (Å²) in [5.74, 6) is 4.36. The molecule has 0 spiro atoms. The molecule has 0 radical (unpaired) electrons. The quantitative estimate of drug-likeness (QED) is 0.0445. The number of amides is 8. The molecule has 0 bridgehead atoms. The van der Waals surface area contributed by atoms with Crippen LogP contribution in [0.1, 0.15) is 112 Å². The van der Waals surface area contributed by atoms with Gasteiger partial charge in [-0.25, -0.2) is 59.0 Å². The Hall–Kier alpha value is -15.5. The van der Waals surface area contributed by atoms with Crippen molar-refractivity contribution in [3.8, 4) is 39.5 Å². The van der Waals surface area contributed by atoms with Crippen molar-refractivity contribution >= 4 is 109 Å². The van der Waals surface area contributed by atoms with Gasteiger partial charge in [-0.05, 0) is 192 Å². The lowest BCUT2D eigenvalue weighted by molar-refractivity contribution is 0.167. The highest BCUT2D eigenvalue weighted by Gasteiger charge is 2.36. The summed E-state index contributed by atoms with van der Waals surface area (Å²) in [6.45, 7) is 24.3.